The van der Waals surface area contributed by atoms with Crippen molar-refractivity contribution in [2.45, 2.75) is 22.3 Å². The van der Waals surface area contributed by atoms with Crippen molar-refractivity contribution in [2.75, 3.05) is 19.1 Å². The molecular formula is C27H27N3O5S2. The number of hydrogen-bond donors (Lipinski definition) is 1. The predicted octanol–water partition coefficient (Wildman–Crippen LogP) is 3.70. The van der Waals surface area contributed by atoms with Crippen LogP contribution in [0.2, 0.25) is 0 Å². The number of aliphatic hydroxyl groups excluding tert-OH is 1. The first kappa shape index (κ1) is 26.5. The van der Waals surface area contributed by atoms with Crippen molar-refractivity contribution in [1.82, 2.24) is 15.0 Å². The topological polar surface area (TPSA) is 119 Å². The highest BCUT2D eigenvalue weighted by Crippen LogP contribution is 2.23. The number of sulfone groups is 2. The maximum absolute atomic E-state index is 11.7. The van der Waals surface area contributed by atoms with E-state index in [0.717, 1.165) is 22.3 Å². The fraction of sp³-hybridized carbons (Fsp3) is 0.185. The molecule has 0 saturated carbocycles. The Hall–Kier alpha value is -3.60. The molecule has 1 N–H and O–H groups in total. The summed E-state index contributed by atoms with van der Waals surface area (Å²) >= 11 is 0. The summed E-state index contributed by atoms with van der Waals surface area (Å²) in [5.74, 6) is 0. The highest BCUT2D eigenvalue weighted by atomic mass is 32.2. The average molecular weight is 538 g/mol. The molecule has 1 aromatic heterocycles. The quantitative estimate of drug-likeness (QED) is 0.346. The van der Waals surface area contributed by atoms with Gasteiger partial charge in [0.15, 0.2) is 19.7 Å². The molecule has 0 radical (unpaired) electrons. The Morgan fingerprint density at radius 3 is 1.81 bits per heavy atom. The van der Waals surface area contributed by atoms with Crippen LogP contribution in [0.5, 0.6) is 0 Å². The van der Waals surface area contributed by atoms with Gasteiger partial charge in [-0.1, -0.05) is 59.8 Å². The third-order valence-electron chi connectivity index (χ3n) is 5.91. The Kier molecular flexibility index (Phi) is 7.72. The van der Waals surface area contributed by atoms with Crippen LogP contribution in [0, 0.1) is 0 Å². The fourth-order valence-corrected chi connectivity index (χ4v) is 5.06. The van der Waals surface area contributed by atoms with Crippen molar-refractivity contribution in [1.29, 1.82) is 0 Å². The van der Waals surface area contributed by atoms with Crippen molar-refractivity contribution in [3.8, 4) is 11.1 Å². The second-order valence-corrected chi connectivity index (χ2v) is 12.9. The molecule has 0 fully saturated rings. The molecule has 192 valence electrons. The third-order valence-corrected chi connectivity index (χ3v) is 8.17. The normalized spacial score (nSPS) is 13.2. The zero-order valence-electron chi connectivity index (χ0n) is 20.4. The Morgan fingerprint density at radius 1 is 0.784 bits per heavy atom. The van der Waals surface area contributed by atoms with E-state index < -0.39 is 19.7 Å². The lowest BCUT2D eigenvalue weighted by atomic mass is 10.0. The molecule has 0 aliphatic heterocycles. The van der Waals surface area contributed by atoms with Gasteiger partial charge in [0.1, 0.15) is 5.69 Å². The molecule has 1 atom stereocenters. The van der Waals surface area contributed by atoms with E-state index in [9.17, 15) is 21.9 Å². The summed E-state index contributed by atoms with van der Waals surface area (Å²) in [4.78, 5) is 0.546. The van der Waals surface area contributed by atoms with Gasteiger partial charge in [-0.05, 0) is 59.0 Å². The van der Waals surface area contributed by atoms with Gasteiger partial charge >= 0.3 is 0 Å². The first-order chi connectivity index (χ1) is 17.5. The van der Waals surface area contributed by atoms with E-state index in [1.165, 1.54) is 12.5 Å². The van der Waals surface area contributed by atoms with Crippen molar-refractivity contribution in [2.24, 2.45) is 0 Å². The van der Waals surface area contributed by atoms with Gasteiger partial charge in [-0.25, -0.2) is 21.5 Å². The summed E-state index contributed by atoms with van der Waals surface area (Å²) in [6, 6.07) is 20.9. The molecule has 8 nitrogen and oxygen atoms in total. The fourth-order valence-electron chi connectivity index (χ4n) is 3.79. The summed E-state index contributed by atoms with van der Waals surface area (Å²) in [6.07, 6.45) is 8.24. The standard InChI is InChI=1S/C27H27N3O5S2/c1-36(32,33)26-13-6-20(7-14-26)5-12-24-18-30(29-28-24)25(19-31)17-21-3-8-22(9-4-21)23-10-15-27(16-11-23)37(2,34)35/h3-16,18,25,31H,17,19H2,1-2H3. The number of aromatic nitrogens is 3. The number of benzene rings is 3. The highest BCUT2D eigenvalue weighted by Gasteiger charge is 2.14. The molecule has 0 amide bonds. The zero-order valence-corrected chi connectivity index (χ0v) is 22.0. The zero-order chi connectivity index (χ0) is 26.6. The van der Waals surface area contributed by atoms with Gasteiger partial charge in [-0.2, -0.15) is 0 Å². The van der Waals surface area contributed by atoms with Crippen molar-refractivity contribution < 1.29 is 21.9 Å². The van der Waals surface area contributed by atoms with Gasteiger partial charge in [-0.3, -0.25) is 0 Å². The van der Waals surface area contributed by atoms with Gasteiger partial charge in [-0.15, -0.1) is 5.10 Å². The van der Waals surface area contributed by atoms with Crippen LogP contribution in [-0.2, 0) is 26.1 Å². The van der Waals surface area contributed by atoms with Crippen LogP contribution in [0.15, 0.2) is 88.8 Å². The van der Waals surface area contributed by atoms with Gasteiger partial charge in [0.2, 0.25) is 0 Å². The van der Waals surface area contributed by atoms with Crippen molar-refractivity contribution >= 4 is 31.8 Å². The lowest BCUT2D eigenvalue weighted by Gasteiger charge is -2.14. The first-order valence-electron chi connectivity index (χ1n) is 11.4. The molecule has 4 aromatic rings. The molecule has 1 unspecified atom stereocenters. The predicted molar refractivity (Wildman–Crippen MR) is 143 cm³/mol. The maximum atomic E-state index is 11.7. The second kappa shape index (κ2) is 10.8. The summed E-state index contributed by atoms with van der Waals surface area (Å²) in [5.41, 5.74) is 4.32. The highest BCUT2D eigenvalue weighted by molar-refractivity contribution is 7.91. The molecule has 0 saturated heterocycles. The average Bonchev–Trinajstić information content (AvgIpc) is 3.34. The second-order valence-electron chi connectivity index (χ2n) is 8.83. The molecule has 0 spiro atoms. The van der Waals surface area contributed by atoms with E-state index in [-0.39, 0.29) is 22.4 Å². The summed E-state index contributed by atoms with van der Waals surface area (Å²) < 4.78 is 48.1. The van der Waals surface area contributed by atoms with Gasteiger partial charge in [0, 0.05) is 12.5 Å². The molecule has 0 aliphatic carbocycles. The monoisotopic (exact) mass is 537 g/mol. The van der Waals surface area contributed by atoms with Crippen LogP contribution >= 0.6 is 0 Å². The SMILES string of the molecule is CS(=O)(=O)c1ccc(C=Cc2cn(C(CO)Cc3ccc(-c4ccc(S(C)(=O)=O)cc4)cc3)nn2)cc1. The van der Waals surface area contributed by atoms with E-state index in [4.69, 9.17) is 0 Å². The van der Waals surface area contributed by atoms with E-state index in [1.54, 1.807) is 65.5 Å². The van der Waals surface area contributed by atoms with Gasteiger partial charge in [0.05, 0.1) is 28.6 Å². The Morgan fingerprint density at radius 2 is 1.30 bits per heavy atom. The Balaban J connectivity index is 1.42. The molecule has 4 rings (SSSR count). The van der Waals surface area contributed by atoms with Gasteiger partial charge < -0.3 is 5.11 Å². The minimum atomic E-state index is -3.24. The van der Waals surface area contributed by atoms with Crippen LogP contribution in [0.4, 0.5) is 0 Å². The Labute approximate surface area is 216 Å². The Bertz CT molecular complexity index is 1610. The van der Waals surface area contributed by atoms with E-state index >= 15 is 0 Å². The first-order valence-corrected chi connectivity index (χ1v) is 15.2. The molecule has 0 bridgehead atoms. The van der Waals surface area contributed by atoms with Crippen molar-refractivity contribution in [3.05, 3.63) is 95.8 Å². The van der Waals surface area contributed by atoms with Crippen molar-refractivity contribution in [3.63, 3.8) is 0 Å². The third kappa shape index (κ3) is 6.79. The summed E-state index contributed by atoms with van der Waals surface area (Å²) in [5, 5.41) is 18.3. The lowest BCUT2D eigenvalue weighted by molar-refractivity contribution is 0.216. The van der Waals surface area contributed by atoms with Crippen LogP contribution < -0.4 is 0 Å². The summed E-state index contributed by atoms with van der Waals surface area (Å²) in [7, 11) is -6.47. The van der Waals surface area contributed by atoms with E-state index in [1.807, 2.05) is 30.3 Å². The van der Waals surface area contributed by atoms with Gasteiger partial charge in [0.25, 0.3) is 0 Å². The number of rotatable bonds is 9. The lowest BCUT2D eigenvalue weighted by Crippen LogP contribution is -2.16. The van der Waals surface area contributed by atoms with Crippen LogP contribution in [0.1, 0.15) is 22.9 Å². The minimum Gasteiger partial charge on any atom is -0.394 e. The number of aliphatic hydroxyl groups is 1. The molecule has 0 aliphatic rings. The molecule has 37 heavy (non-hydrogen) atoms. The van der Waals surface area contributed by atoms with Crippen LogP contribution in [-0.4, -0.2) is 56.1 Å². The maximum Gasteiger partial charge on any atom is 0.175 e. The molecule has 10 heteroatoms. The minimum absolute atomic E-state index is 0.117. The molecule has 1 heterocycles. The van der Waals surface area contributed by atoms with E-state index in [0.29, 0.717) is 12.1 Å². The number of hydrogen-bond acceptors (Lipinski definition) is 7. The largest absolute Gasteiger partial charge is 0.394 e. The molecule has 3 aromatic carbocycles. The van der Waals surface area contributed by atoms with E-state index in [2.05, 4.69) is 10.3 Å². The van der Waals surface area contributed by atoms with Crippen LogP contribution in [0.25, 0.3) is 23.3 Å². The summed E-state index contributed by atoms with van der Waals surface area (Å²) in [6.45, 7) is -0.117. The number of nitrogens with zero attached hydrogens (tertiary/aromatic N) is 3. The van der Waals surface area contributed by atoms with Crippen LogP contribution in [0.3, 0.4) is 0 Å². The molecular weight excluding hydrogens is 510 g/mol. The smallest absolute Gasteiger partial charge is 0.175 e.